The highest BCUT2D eigenvalue weighted by atomic mass is 16.7. The number of nitrogens with zero attached hydrogens (tertiary/aromatic N) is 1. The van der Waals surface area contributed by atoms with E-state index in [4.69, 9.17) is 4.74 Å². The SMILES string of the molecule is O=C(OCOC(=O)n1c(O)ccc1O)c1ccccc1. The summed E-state index contributed by atoms with van der Waals surface area (Å²) in [7, 11) is 0. The van der Waals surface area contributed by atoms with Crippen molar-refractivity contribution in [2.45, 2.75) is 0 Å². The summed E-state index contributed by atoms with van der Waals surface area (Å²) in [5.74, 6) is -1.62. The normalized spacial score (nSPS) is 10.0. The Morgan fingerprint density at radius 1 is 0.950 bits per heavy atom. The van der Waals surface area contributed by atoms with Gasteiger partial charge >= 0.3 is 12.1 Å². The standard InChI is InChI=1S/C13H11NO6/c15-10-6-7-11(16)14(10)13(18)20-8-19-12(17)9-4-2-1-3-5-9/h1-7,15-16H,8H2. The largest absolute Gasteiger partial charge is 0.494 e. The van der Waals surface area contributed by atoms with Gasteiger partial charge in [-0.2, -0.15) is 4.57 Å². The van der Waals surface area contributed by atoms with Gasteiger partial charge in [0.1, 0.15) is 0 Å². The summed E-state index contributed by atoms with van der Waals surface area (Å²) < 4.78 is 9.84. The number of carbonyl (C=O) groups excluding carboxylic acids is 2. The van der Waals surface area contributed by atoms with Crippen LogP contribution in [-0.2, 0) is 9.47 Å². The van der Waals surface area contributed by atoms with E-state index >= 15 is 0 Å². The summed E-state index contributed by atoms with van der Waals surface area (Å²) in [6.07, 6.45) is -1.06. The van der Waals surface area contributed by atoms with E-state index in [1.165, 1.54) is 0 Å². The maximum Gasteiger partial charge on any atom is 0.426 e. The van der Waals surface area contributed by atoms with Gasteiger partial charge < -0.3 is 19.7 Å². The number of esters is 1. The zero-order valence-electron chi connectivity index (χ0n) is 10.2. The van der Waals surface area contributed by atoms with E-state index in [-0.39, 0.29) is 0 Å². The Balaban J connectivity index is 1.88. The second-order valence-corrected chi connectivity index (χ2v) is 3.71. The molecule has 2 N–H and O–H groups in total. The van der Waals surface area contributed by atoms with Crippen LogP contribution in [0, 0.1) is 0 Å². The van der Waals surface area contributed by atoms with Crippen LogP contribution in [0.15, 0.2) is 42.5 Å². The number of benzene rings is 1. The van der Waals surface area contributed by atoms with E-state index in [0.29, 0.717) is 10.1 Å². The van der Waals surface area contributed by atoms with E-state index < -0.39 is 30.6 Å². The first-order valence-corrected chi connectivity index (χ1v) is 5.58. The third kappa shape index (κ3) is 2.89. The topological polar surface area (TPSA) is 98.0 Å². The lowest BCUT2D eigenvalue weighted by Crippen LogP contribution is -2.17. The number of hydrogen-bond donors (Lipinski definition) is 2. The fourth-order valence-electron chi connectivity index (χ4n) is 1.46. The predicted octanol–water partition coefficient (Wildman–Crippen LogP) is 1.70. The Hall–Kier alpha value is -2.96. The average Bonchev–Trinajstić information content (AvgIpc) is 2.79. The predicted molar refractivity (Wildman–Crippen MR) is 66.4 cm³/mol. The van der Waals surface area contributed by atoms with Crippen LogP contribution in [0.2, 0.25) is 0 Å². The Bertz CT molecular complexity index is 600. The molecule has 7 heteroatoms. The van der Waals surface area contributed by atoms with Crippen LogP contribution in [0.3, 0.4) is 0 Å². The van der Waals surface area contributed by atoms with Crippen molar-refractivity contribution in [1.82, 2.24) is 4.57 Å². The molecule has 0 amide bonds. The Morgan fingerprint density at radius 3 is 2.15 bits per heavy atom. The monoisotopic (exact) mass is 277 g/mol. The maximum absolute atomic E-state index is 11.5. The van der Waals surface area contributed by atoms with Crippen molar-refractivity contribution in [1.29, 1.82) is 0 Å². The first-order valence-electron chi connectivity index (χ1n) is 5.58. The molecule has 2 aromatic rings. The number of rotatable bonds is 3. The summed E-state index contributed by atoms with van der Waals surface area (Å²) in [5.41, 5.74) is 0.315. The fourth-order valence-corrected chi connectivity index (χ4v) is 1.46. The van der Waals surface area contributed by atoms with Crippen molar-refractivity contribution in [3.8, 4) is 11.8 Å². The fraction of sp³-hybridized carbons (Fsp3) is 0.0769. The van der Waals surface area contributed by atoms with Gasteiger partial charge in [-0.15, -0.1) is 0 Å². The Morgan fingerprint density at radius 2 is 1.55 bits per heavy atom. The third-order valence-electron chi connectivity index (χ3n) is 2.40. The second kappa shape index (κ2) is 5.79. The molecule has 0 fully saturated rings. The van der Waals surface area contributed by atoms with Crippen molar-refractivity contribution >= 4 is 12.1 Å². The van der Waals surface area contributed by atoms with E-state index in [1.807, 2.05) is 0 Å². The molecule has 0 saturated carbocycles. The average molecular weight is 277 g/mol. The van der Waals surface area contributed by atoms with Crippen molar-refractivity contribution in [3.63, 3.8) is 0 Å². The molecule has 0 bridgehead atoms. The number of carbonyl (C=O) groups is 2. The van der Waals surface area contributed by atoms with Crippen LogP contribution in [0.5, 0.6) is 11.8 Å². The molecular weight excluding hydrogens is 266 g/mol. The summed E-state index contributed by atoms with van der Waals surface area (Å²) in [6, 6.07) is 10.4. The van der Waals surface area contributed by atoms with Gasteiger partial charge in [0.15, 0.2) is 0 Å². The molecule has 104 valence electrons. The van der Waals surface area contributed by atoms with Gasteiger partial charge in [0, 0.05) is 12.1 Å². The van der Waals surface area contributed by atoms with Gasteiger partial charge in [0.2, 0.25) is 18.6 Å². The van der Waals surface area contributed by atoms with Gasteiger partial charge in [0.05, 0.1) is 5.56 Å². The van der Waals surface area contributed by atoms with Crippen molar-refractivity contribution in [3.05, 3.63) is 48.0 Å². The van der Waals surface area contributed by atoms with Gasteiger partial charge in [0.25, 0.3) is 0 Å². The van der Waals surface area contributed by atoms with Crippen LogP contribution in [0.25, 0.3) is 0 Å². The van der Waals surface area contributed by atoms with Gasteiger partial charge in [-0.3, -0.25) is 0 Å². The van der Waals surface area contributed by atoms with Crippen molar-refractivity contribution in [2.75, 3.05) is 6.79 Å². The molecule has 0 unspecified atom stereocenters. The Labute approximate surface area is 113 Å². The van der Waals surface area contributed by atoms with Gasteiger partial charge in [-0.1, -0.05) is 18.2 Å². The zero-order chi connectivity index (χ0) is 14.5. The minimum absolute atomic E-state index is 0.315. The summed E-state index contributed by atoms with van der Waals surface area (Å²) in [4.78, 5) is 23.0. The molecule has 1 aromatic heterocycles. The number of aromatic nitrogens is 1. The Kier molecular flexibility index (Phi) is 3.90. The zero-order valence-corrected chi connectivity index (χ0v) is 10.2. The highest BCUT2D eigenvalue weighted by Gasteiger charge is 2.16. The third-order valence-corrected chi connectivity index (χ3v) is 2.40. The molecule has 0 aliphatic heterocycles. The molecule has 0 atom stereocenters. The van der Waals surface area contributed by atoms with Crippen LogP contribution in [0.4, 0.5) is 4.79 Å². The number of ether oxygens (including phenoxy) is 2. The summed E-state index contributed by atoms with van der Waals surface area (Å²) >= 11 is 0. The first kappa shape index (κ1) is 13.5. The smallest absolute Gasteiger partial charge is 0.426 e. The highest BCUT2D eigenvalue weighted by Crippen LogP contribution is 2.20. The maximum atomic E-state index is 11.5. The minimum Gasteiger partial charge on any atom is -0.494 e. The van der Waals surface area contributed by atoms with E-state index in [0.717, 1.165) is 12.1 Å². The quantitative estimate of drug-likeness (QED) is 0.654. The number of aromatic hydroxyl groups is 2. The van der Waals surface area contributed by atoms with Crippen LogP contribution < -0.4 is 0 Å². The first-order chi connectivity index (χ1) is 9.59. The molecular formula is C13H11NO6. The van der Waals surface area contributed by atoms with Gasteiger partial charge in [-0.25, -0.2) is 9.59 Å². The second-order valence-electron chi connectivity index (χ2n) is 3.71. The molecule has 1 aromatic carbocycles. The molecule has 1 heterocycles. The summed E-state index contributed by atoms with van der Waals surface area (Å²) in [5, 5.41) is 18.6. The van der Waals surface area contributed by atoms with Gasteiger partial charge in [-0.05, 0) is 12.1 Å². The van der Waals surface area contributed by atoms with E-state index in [9.17, 15) is 19.8 Å². The lowest BCUT2D eigenvalue weighted by atomic mass is 10.2. The van der Waals surface area contributed by atoms with E-state index in [2.05, 4.69) is 4.74 Å². The molecule has 2 rings (SSSR count). The summed E-state index contributed by atoms with van der Waals surface area (Å²) in [6.45, 7) is -0.635. The minimum atomic E-state index is -1.06. The van der Waals surface area contributed by atoms with Crippen LogP contribution in [-0.4, -0.2) is 33.6 Å². The van der Waals surface area contributed by atoms with Crippen molar-refractivity contribution in [2.24, 2.45) is 0 Å². The molecule has 0 aliphatic rings. The highest BCUT2D eigenvalue weighted by molar-refractivity contribution is 5.89. The number of hydrogen-bond acceptors (Lipinski definition) is 6. The van der Waals surface area contributed by atoms with Crippen molar-refractivity contribution < 1.29 is 29.3 Å². The van der Waals surface area contributed by atoms with Crippen LogP contribution >= 0.6 is 0 Å². The molecule has 20 heavy (non-hydrogen) atoms. The molecule has 0 radical (unpaired) electrons. The lowest BCUT2D eigenvalue weighted by molar-refractivity contribution is -0.00254. The van der Waals surface area contributed by atoms with Crippen LogP contribution in [0.1, 0.15) is 10.4 Å². The van der Waals surface area contributed by atoms with E-state index in [1.54, 1.807) is 30.3 Å². The molecule has 0 spiro atoms. The molecule has 7 nitrogen and oxygen atoms in total. The molecule has 0 aliphatic carbocycles. The lowest BCUT2D eigenvalue weighted by Gasteiger charge is -2.07. The molecule has 0 saturated heterocycles.